The van der Waals surface area contributed by atoms with E-state index in [0.717, 1.165) is 43.8 Å². The number of benzene rings is 1. The molecule has 0 aromatic heterocycles. The number of hydrogen-bond donors (Lipinski definition) is 1. The monoisotopic (exact) mass is 289 g/mol. The summed E-state index contributed by atoms with van der Waals surface area (Å²) in [6.45, 7) is 2.77. The molecule has 0 aliphatic heterocycles. The number of methoxy groups -OCH3 is 1. The zero-order chi connectivity index (χ0) is 15.3. The summed E-state index contributed by atoms with van der Waals surface area (Å²) in [5, 5.41) is 0. The average Bonchev–Trinajstić information content (AvgIpc) is 2.54. The van der Waals surface area contributed by atoms with E-state index in [1.165, 1.54) is 5.56 Å². The van der Waals surface area contributed by atoms with Crippen LogP contribution in [0.15, 0.2) is 24.3 Å². The van der Waals surface area contributed by atoms with Gasteiger partial charge in [-0.2, -0.15) is 0 Å². The molecule has 0 heterocycles. The predicted octanol–water partition coefficient (Wildman–Crippen LogP) is 3.35. The van der Waals surface area contributed by atoms with Crippen LogP contribution in [0.5, 0.6) is 5.75 Å². The Morgan fingerprint density at radius 2 is 1.90 bits per heavy atom. The standard InChI is InChI=1S/C18H27NO2/c1-14-9-11-18(13-19,12-10-14)17(20)8-5-15-3-6-16(21-2)7-4-15/h3-4,6-7,14H,5,8-13,19H2,1-2H3. The molecule has 3 nitrogen and oxygen atoms in total. The SMILES string of the molecule is COc1ccc(CCC(=O)C2(CN)CCC(C)CC2)cc1. The number of hydrogen-bond acceptors (Lipinski definition) is 3. The number of rotatable bonds is 6. The lowest BCUT2D eigenvalue weighted by atomic mass is 9.67. The van der Waals surface area contributed by atoms with Gasteiger partial charge < -0.3 is 10.5 Å². The van der Waals surface area contributed by atoms with Crippen molar-refractivity contribution in [2.45, 2.75) is 45.4 Å². The first-order chi connectivity index (χ1) is 10.1. The lowest BCUT2D eigenvalue weighted by Crippen LogP contribution is -2.41. The molecule has 1 aromatic carbocycles. The lowest BCUT2D eigenvalue weighted by molar-refractivity contribution is -0.130. The Labute approximate surface area is 127 Å². The van der Waals surface area contributed by atoms with Crippen LogP contribution < -0.4 is 10.5 Å². The van der Waals surface area contributed by atoms with Crippen LogP contribution in [0.4, 0.5) is 0 Å². The summed E-state index contributed by atoms with van der Waals surface area (Å²) in [7, 11) is 1.66. The molecule has 2 N–H and O–H groups in total. The smallest absolute Gasteiger partial charge is 0.140 e. The number of ketones is 1. The average molecular weight is 289 g/mol. The van der Waals surface area contributed by atoms with E-state index in [4.69, 9.17) is 10.5 Å². The second-order valence-electron chi connectivity index (χ2n) is 6.44. The van der Waals surface area contributed by atoms with Crippen LogP contribution in [0.1, 0.15) is 44.6 Å². The first kappa shape index (κ1) is 16.0. The van der Waals surface area contributed by atoms with Gasteiger partial charge in [-0.1, -0.05) is 19.1 Å². The van der Waals surface area contributed by atoms with Crippen LogP contribution in [0.3, 0.4) is 0 Å². The van der Waals surface area contributed by atoms with Gasteiger partial charge >= 0.3 is 0 Å². The Balaban J connectivity index is 1.93. The normalized spacial score (nSPS) is 25.6. The highest BCUT2D eigenvalue weighted by Gasteiger charge is 2.38. The summed E-state index contributed by atoms with van der Waals surface area (Å²) in [6.07, 6.45) is 5.58. The minimum absolute atomic E-state index is 0.251. The van der Waals surface area contributed by atoms with Gasteiger partial charge in [0.2, 0.25) is 0 Å². The van der Waals surface area contributed by atoms with Gasteiger partial charge in [0.05, 0.1) is 7.11 Å². The summed E-state index contributed by atoms with van der Waals surface area (Å²) in [5.74, 6) is 1.94. The fourth-order valence-corrected chi connectivity index (χ4v) is 3.23. The van der Waals surface area contributed by atoms with Crippen molar-refractivity contribution in [1.82, 2.24) is 0 Å². The zero-order valence-corrected chi connectivity index (χ0v) is 13.2. The Morgan fingerprint density at radius 3 is 2.43 bits per heavy atom. The highest BCUT2D eigenvalue weighted by molar-refractivity contribution is 5.85. The Hall–Kier alpha value is -1.35. The molecule has 0 radical (unpaired) electrons. The summed E-state index contributed by atoms with van der Waals surface area (Å²) in [5.41, 5.74) is 6.88. The fourth-order valence-electron chi connectivity index (χ4n) is 3.23. The number of aryl methyl sites for hydroxylation is 1. The molecule has 2 rings (SSSR count). The summed E-state index contributed by atoms with van der Waals surface area (Å²) >= 11 is 0. The molecule has 0 atom stereocenters. The van der Waals surface area contributed by atoms with Crippen molar-refractivity contribution in [3.63, 3.8) is 0 Å². The van der Waals surface area contributed by atoms with Crippen LogP contribution in [0.25, 0.3) is 0 Å². The van der Waals surface area contributed by atoms with Gasteiger partial charge in [-0.05, 0) is 55.7 Å². The van der Waals surface area contributed by atoms with Gasteiger partial charge in [0, 0.05) is 18.4 Å². The summed E-state index contributed by atoms with van der Waals surface area (Å²) in [6, 6.07) is 7.95. The van der Waals surface area contributed by atoms with Gasteiger partial charge in [0.1, 0.15) is 11.5 Å². The number of nitrogens with two attached hydrogens (primary N) is 1. The molecule has 116 valence electrons. The molecule has 1 aromatic rings. The highest BCUT2D eigenvalue weighted by atomic mass is 16.5. The van der Waals surface area contributed by atoms with Crippen LogP contribution in [0, 0.1) is 11.3 Å². The zero-order valence-electron chi connectivity index (χ0n) is 13.2. The third kappa shape index (κ3) is 3.85. The van der Waals surface area contributed by atoms with E-state index in [1.807, 2.05) is 24.3 Å². The van der Waals surface area contributed by atoms with E-state index in [0.29, 0.717) is 18.7 Å². The largest absolute Gasteiger partial charge is 0.497 e. The molecule has 0 unspecified atom stereocenters. The molecule has 0 amide bonds. The van der Waals surface area contributed by atoms with E-state index >= 15 is 0 Å². The van der Waals surface area contributed by atoms with E-state index in [9.17, 15) is 4.79 Å². The molecule has 0 saturated heterocycles. The third-order valence-corrected chi connectivity index (χ3v) is 5.01. The molecule has 1 aliphatic carbocycles. The first-order valence-electron chi connectivity index (χ1n) is 7.96. The van der Waals surface area contributed by atoms with Gasteiger partial charge in [-0.3, -0.25) is 4.79 Å². The minimum atomic E-state index is -0.251. The van der Waals surface area contributed by atoms with Crippen LogP contribution in [-0.4, -0.2) is 19.4 Å². The van der Waals surface area contributed by atoms with Gasteiger partial charge in [0.25, 0.3) is 0 Å². The number of Topliss-reactive ketones (excluding diaryl/α,β-unsaturated/α-hetero) is 1. The second kappa shape index (κ2) is 7.08. The molecule has 0 spiro atoms. The van der Waals surface area contributed by atoms with E-state index in [-0.39, 0.29) is 5.41 Å². The number of ether oxygens (including phenoxy) is 1. The van der Waals surface area contributed by atoms with Crippen molar-refractivity contribution in [3.8, 4) is 5.75 Å². The molecule has 1 aliphatic rings. The maximum absolute atomic E-state index is 12.6. The maximum atomic E-state index is 12.6. The van der Waals surface area contributed by atoms with Gasteiger partial charge in [-0.25, -0.2) is 0 Å². The van der Waals surface area contributed by atoms with E-state index < -0.39 is 0 Å². The summed E-state index contributed by atoms with van der Waals surface area (Å²) in [4.78, 5) is 12.6. The van der Waals surface area contributed by atoms with Crippen molar-refractivity contribution in [1.29, 1.82) is 0 Å². The number of carbonyl (C=O) groups excluding carboxylic acids is 1. The molecule has 1 fully saturated rings. The first-order valence-corrected chi connectivity index (χ1v) is 7.96. The van der Waals surface area contributed by atoms with Crippen molar-refractivity contribution >= 4 is 5.78 Å². The minimum Gasteiger partial charge on any atom is -0.497 e. The van der Waals surface area contributed by atoms with E-state index in [2.05, 4.69) is 6.92 Å². The third-order valence-electron chi connectivity index (χ3n) is 5.01. The van der Waals surface area contributed by atoms with Crippen molar-refractivity contribution < 1.29 is 9.53 Å². The van der Waals surface area contributed by atoms with Crippen molar-refractivity contribution in [2.75, 3.05) is 13.7 Å². The molecular weight excluding hydrogens is 262 g/mol. The summed E-state index contributed by atoms with van der Waals surface area (Å²) < 4.78 is 5.15. The Morgan fingerprint density at radius 1 is 1.29 bits per heavy atom. The molecular formula is C18H27NO2. The second-order valence-corrected chi connectivity index (χ2v) is 6.44. The lowest BCUT2D eigenvalue weighted by Gasteiger charge is -2.37. The Kier molecular flexibility index (Phi) is 5.40. The maximum Gasteiger partial charge on any atom is 0.140 e. The van der Waals surface area contributed by atoms with Gasteiger partial charge in [0.15, 0.2) is 0 Å². The van der Waals surface area contributed by atoms with Crippen molar-refractivity contribution in [2.24, 2.45) is 17.1 Å². The molecule has 0 bridgehead atoms. The Bertz CT molecular complexity index is 459. The number of carbonyl (C=O) groups is 1. The van der Waals surface area contributed by atoms with Crippen LogP contribution in [-0.2, 0) is 11.2 Å². The molecule has 3 heteroatoms. The van der Waals surface area contributed by atoms with Crippen LogP contribution >= 0.6 is 0 Å². The quantitative estimate of drug-likeness (QED) is 0.873. The highest BCUT2D eigenvalue weighted by Crippen LogP contribution is 2.39. The fraction of sp³-hybridized carbons (Fsp3) is 0.611. The predicted molar refractivity (Wildman–Crippen MR) is 85.4 cm³/mol. The topological polar surface area (TPSA) is 52.3 Å². The molecule has 1 saturated carbocycles. The van der Waals surface area contributed by atoms with Gasteiger partial charge in [-0.15, -0.1) is 0 Å². The van der Waals surface area contributed by atoms with Crippen molar-refractivity contribution in [3.05, 3.63) is 29.8 Å². The van der Waals surface area contributed by atoms with Crippen LogP contribution in [0.2, 0.25) is 0 Å². The molecule has 21 heavy (non-hydrogen) atoms. The van der Waals surface area contributed by atoms with E-state index in [1.54, 1.807) is 7.11 Å².